The van der Waals surface area contributed by atoms with Crippen molar-refractivity contribution >= 4 is 77.7 Å². The highest BCUT2D eigenvalue weighted by atomic mass is 15.1. The van der Waals surface area contributed by atoms with Crippen LogP contribution >= 0.6 is 0 Å². The van der Waals surface area contributed by atoms with Crippen LogP contribution < -0.4 is 9.80 Å². The van der Waals surface area contributed by atoms with Gasteiger partial charge >= 0.3 is 0 Å². The number of para-hydroxylation sites is 3. The van der Waals surface area contributed by atoms with Crippen molar-refractivity contribution in [1.82, 2.24) is 9.13 Å². The van der Waals surface area contributed by atoms with Crippen LogP contribution in [0.1, 0.15) is 25.0 Å². The van der Waals surface area contributed by atoms with Gasteiger partial charge in [-0.05, 0) is 222 Å². The van der Waals surface area contributed by atoms with E-state index in [4.69, 9.17) is 0 Å². The molecule has 2 heterocycles. The van der Waals surface area contributed by atoms with E-state index in [0.29, 0.717) is 0 Å². The zero-order valence-electron chi connectivity index (χ0n) is 57.2. The van der Waals surface area contributed by atoms with Crippen LogP contribution in [0, 0.1) is 0 Å². The second kappa shape index (κ2) is 25.2. The van der Waals surface area contributed by atoms with E-state index in [1.165, 1.54) is 127 Å². The molecule has 0 saturated heterocycles. The minimum atomic E-state index is -0.252. The standard InChI is InChI=1S/C99H70N4/c1-99(2)93-64-78(45-59-87(93)88-60-57-86(66-94(88)99)103-96-30-18-16-28-90(96)92-65-85(58-62-98(92)103)101(83-51-37-72(38-52-83)68-21-9-4-10-22-68)84-53-39-73(40-54-84)69-23-11-5-12-24-69)75-33-31-70(32-34-75)74-41-49-81(50-42-74)100(80-47-35-71(36-48-80)67-19-7-3-8-20-67)82-55-43-76(44-56-82)77-46-61-97-91(63-77)89-27-15-17-29-95(89)102(97)79-25-13-6-14-26-79/h3-66H,1-2H3. The van der Waals surface area contributed by atoms with Gasteiger partial charge in [0, 0.05) is 72.5 Å². The average molecular weight is 1320 g/mol. The van der Waals surface area contributed by atoms with Gasteiger partial charge in [0.25, 0.3) is 0 Å². The van der Waals surface area contributed by atoms with Crippen molar-refractivity contribution in [3.05, 3.63) is 399 Å². The predicted octanol–water partition coefficient (Wildman–Crippen LogP) is 27.1. The highest BCUT2D eigenvalue weighted by Crippen LogP contribution is 2.52. The molecule has 103 heavy (non-hydrogen) atoms. The lowest BCUT2D eigenvalue weighted by Gasteiger charge is -2.26. The zero-order valence-corrected chi connectivity index (χ0v) is 57.2. The maximum Gasteiger partial charge on any atom is 0.0542 e. The van der Waals surface area contributed by atoms with Crippen molar-refractivity contribution in [3.8, 4) is 89.3 Å². The molecule has 0 N–H and O–H groups in total. The number of hydrogen-bond donors (Lipinski definition) is 0. The molecule has 4 nitrogen and oxygen atoms in total. The van der Waals surface area contributed by atoms with Crippen LogP contribution in [-0.4, -0.2) is 9.13 Å². The van der Waals surface area contributed by atoms with E-state index in [2.05, 4.69) is 421 Å². The average Bonchev–Trinajstić information content (AvgIpc) is 1.57. The molecular weight excluding hydrogens is 1250 g/mol. The zero-order chi connectivity index (χ0) is 68.5. The van der Waals surface area contributed by atoms with Gasteiger partial charge in [0.1, 0.15) is 0 Å². The second-order valence-electron chi connectivity index (χ2n) is 27.7. The molecule has 0 fully saturated rings. The van der Waals surface area contributed by atoms with Crippen LogP contribution in [0.4, 0.5) is 34.1 Å². The number of nitrogens with zero attached hydrogens (tertiary/aromatic N) is 4. The van der Waals surface area contributed by atoms with Crippen LogP contribution in [0.15, 0.2) is 388 Å². The molecule has 0 radical (unpaired) electrons. The quantitative estimate of drug-likeness (QED) is 0.108. The Morgan fingerprint density at radius 2 is 0.476 bits per heavy atom. The molecule has 18 aromatic rings. The first-order chi connectivity index (χ1) is 50.8. The minimum Gasteiger partial charge on any atom is -0.311 e. The summed E-state index contributed by atoms with van der Waals surface area (Å²) in [5.74, 6) is 0. The maximum absolute atomic E-state index is 2.47. The van der Waals surface area contributed by atoms with Gasteiger partial charge in [0.15, 0.2) is 0 Å². The number of rotatable bonds is 14. The predicted molar refractivity (Wildman–Crippen MR) is 435 cm³/mol. The largest absolute Gasteiger partial charge is 0.311 e. The highest BCUT2D eigenvalue weighted by Gasteiger charge is 2.36. The normalized spacial score (nSPS) is 12.3. The van der Waals surface area contributed by atoms with E-state index in [1.807, 2.05) is 0 Å². The van der Waals surface area contributed by atoms with Crippen molar-refractivity contribution in [2.75, 3.05) is 9.80 Å². The molecule has 0 spiro atoms. The number of anilines is 6. The summed E-state index contributed by atoms with van der Waals surface area (Å²) < 4.78 is 4.84. The van der Waals surface area contributed by atoms with Gasteiger partial charge in [0.05, 0.1) is 22.1 Å². The van der Waals surface area contributed by atoms with Crippen molar-refractivity contribution in [3.63, 3.8) is 0 Å². The van der Waals surface area contributed by atoms with E-state index < -0.39 is 0 Å². The molecule has 1 aliphatic carbocycles. The van der Waals surface area contributed by atoms with Gasteiger partial charge in [-0.3, -0.25) is 0 Å². The Hall–Kier alpha value is -13.3. The summed E-state index contributed by atoms with van der Waals surface area (Å²) in [6.45, 7) is 4.79. The van der Waals surface area contributed by atoms with Crippen LogP contribution in [0.3, 0.4) is 0 Å². The monoisotopic (exact) mass is 1310 g/mol. The summed E-state index contributed by atoms with van der Waals surface area (Å²) in [6.07, 6.45) is 0. The Balaban J connectivity index is 0.604. The first kappa shape index (κ1) is 60.9. The summed E-state index contributed by atoms with van der Waals surface area (Å²) >= 11 is 0. The first-order valence-corrected chi connectivity index (χ1v) is 35.6. The lowest BCUT2D eigenvalue weighted by atomic mass is 9.81. The van der Waals surface area contributed by atoms with Gasteiger partial charge in [0.2, 0.25) is 0 Å². The van der Waals surface area contributed by atoms with Crippen molar-refractivity contribution in [1.29, 1.82) is 0 Å². The van der Waals surface area contributed by atoms with Crippen molar-refractivity contribution < 1.29 is 0 Å². The van der Waals surface area contributed by atoms with Crippen LogP contribution in [-0.2, 0) is 5.41 Å². The summed E-state index contributed by atoms with van der Waals surface area (Å²) in [4.78, 5) is 4.76. The van der Waals surface area contributed by atoms with Crippen LogP contribution in [0.5, 0.6) is 0 Å². The van der Waals surface area contributed by atoms with Crippen molar-refractivity contribution in [2.24, 2.45) is 0 Å². The number of aromatic nitrogens is 2. The fourth-order valence-corrected chi connectivity index (χ4v) is 16.1. The number of benzene rings is 16. The Kier molecular flexibility index (Phi) is 14.9. The van der Waals surface area contributed by atoms with Gasteiger partial charge in [-0.2, -0.15) is 0 Å². The summed E-state index contributed by atoms with van der Waals surface area (Å²) in [7, 11) is 0. The van der Waals surface area contributed by atoms with E-state index >= 15 is 0 Å². The Bertz CT molecular complexity index is 6090. The molecule has 0 atom stereocenters. The van der Waals surface area contributed by atoms with Gasteiger partial charge < -0.3 is 18.9 Å². The van der Waals surface area contributed by atoms with E-state index in [9.17, 15) is 0 Å². The molecule has 2 aromatic heterocycles. The van der Waals surface area contributed by atoms with E-state index in [1.54, 1.807) is 0 Å². The molecule has 4 heteroatoms. The molecule has 1 aliphatic rings. The lowest BCUT2D eigenvalue weighted by molar-refractivity contribution is 0.660. The fourth-order valence-electron chi connectivity index (χ4n) is 16.1. The molecule has 19 rings (SSSR count). The third-order valence-electron chi connectivity index (χ3n) is 21.4. The third-order valence-corrected chi connectivity index (χ3v) is 21.4. The first-order valence-electron chi connectivity index (χ1n) is 35.6. The molecule has 0 unspecified atom stereocenters. The number of fused-ring (bicyclic) bond motifs is 9. The maximum atomic E-state index is 2.47. The molecule has 0 aliphatic heterocycles. The Morgan fingerprint density at radius 3 is 0.922 bits per heavy atom. The Labute approximate surface area is 600 Å². The number of hydrogen-bond acceptors (Lipinski definition) is 2. The summed E-state index contributed by atoms with van der Waals surface area (Å²) in [5.41, 5.74) is 32.9. The van der Waals surface area contributed by atoms with E-state index in [0.717, 1.165) is 51.1 Å². The van der Waals surface area contributed by atoms with Crippen LogP contribution in [0.25, 0.3) is 133 Å². The molecule has 0 saturated carbocycles. The summed E-state index contributed by atoms with van der Waals surface area (Å²) in [5, 5.41) is 4.91. The molecule has 486 valence electrons. The van der Waals surface area contributed by atoms with Gasteiger partial charge in [-0.25, -0.2) is 0 Å². The van der Waals surface area contributed by atoms with Crippen molar-refractivity contribution in [2.45, 2.75) is 19.3 Å². The SMILES string of the molecule is CC1(C)c2cc(-c3ccc(-c4ccc(N(c5ccc(-c6ccccc6)cc5)c5ccc(-c6ccc7c(c6)c6ccccc6n7-c6ccccc6)cc5)cc4)cc3)ccc2-c2ccc(-n3c4ccccc4c4cc(N(c5ccc(-c6ccccc6)cc5)c5ccc(-c6ccccc6)cc5)ccc43)cc21. The molecule has 0 amide bonds. The lowest BCUT2D eigenvalue weighted by Crippen LogP contribution is -2.15. The molecule has 16 aromatic carbocycles. The highest BCUT2D eigenvalue weighted by molar-refractivity contribution is 6.12. The van der Waals surface area contributed by atoms with Gasteiger partial charge in [-0.1, -0.05) is 269 Å². The Morgan fingerprint density at radius 1 is 0.194 bits per heavy atom. The molecule has 0 bridgehead atoms. The van der Waals surface area contributed by atoms with Crippen LogP contribution in [0.2, 0.25) is 0 Å². The topological polar surface area (TPSA) is 16.3 Å². The fraction of sp³-hybridized carbons (Fsp3) is 0.0303. The van der Waals surface area contributed by atoms with E-state index in [-0.39, 0.29) is 5.41 Å². The van der Waals surface area contributed by atoms with Gasteiger partial charge in [-0.15, -0.1) is 0 Å². The third kappa shape index (κ3) is 10.8. The summed E-state index contributed by atoms with van der Waals surface area (Å²) in [6, 6.07) is 142. The minimum absolute atomic E-state index is 0.252. The second-order valence-corrected chi connectivity index (χ2v) is 27.7. The smallest absolute Gasteiger partial charge is 0.0542 e. The molecular formula is C99H70N4.